The maximum atomic E-state index is 13.4. The van der Waals surface area contributed by atoms with E-state index < -0.39 is 0 Å². The average Bonchev–Trinajstić information content (AvgIpc) is 2.37. The molecule has 1 aromatic carbocycles. The van der Waals surface area contributed by atoms with Crippen LogP contribution in [-0.2, 0) is 0 Å². The van der Waals surface area contributed by atoms with Crippen LogP contribution in [0.15, 0.2) is 42.7 Å². The highest BCUT2D eigenvalue weighted by Crippen LogP contribution is 2.36. The molecule has 0 N–H and O–H groups in total. The van der Waals surface area contributed by atoms with Gasteiger partial charge in [0, 0.05) is 18.3 Å². The molecule has 0 aliphatic carbocycles. The maximum absolute atomic E-state index is 13.4. The molecule has 0 spiro atoms. The molecule has 1 aromatic heterocycles. The number of alkyl halides is 1. The van der Waals surface area contributed by atoms with Gasteiger partial charge in [-0.1, -0.05) is 13.0 Å². The van der Waals surface area contributed by atoms with Crippen molar-refractivity contribution in [3.05, 3.63) is 65.2 Å². The number of pyridine rings is 1. The van der Waals surface area contributed by atoms with Crippen molar-refractivity contribution >= 4 is 11.6 Å². The Bertz CT molecular complexity index is 507. The van der Waals surface area contributed by atoms with E-state index in [2.05, 4.69) is 4.98 Å². The highest BCUT2D eigenvalue weighted by Gasteiger charge is 2.19. The van der Waals surface area contributed by atoms with Crippen LogP contribution in [0.2, 0.25) is 0 Å². The fourth-order valence-electron chi connectivity index (χ4n) is 2.05. The van der Waals surface area contributed by atoms with Crippen LogP contribution in [-0.4, -0.2) is 4.98 Å². The summed E-state index contributed by atoms with van der Waals surface area (Å²) < 4.78 is 13.4. The van der Waals surface area contributed by atoms with Crippen LogP contribution >= 0.6 is 11.6 Å². The normalized spacial score (nSPS) is 14.2. The quantitative estimate of drug-likeness (QED) is 0.737. The second-order valence-electron chi connectivity index (χ2n) is 4.53. The topological polar surface area (TPSA) is 12.9 Å². The molecule has 0 amide bonds. The molecule has 0 bridgehead atoms. The predicted octanol–water partition coefficient (Wildman–Crippen LogP) is 4.61. The Morgan fingerprint density at radius 2 is 1.78 bits per heavy atom. The molecule has 0 aliphatic heterocycles. The fourth-order valence-corrected chi connectivity index (χ4v) is 2.32. The Kier molecular flexibility index (Phi) is 3.97. The van der Waals surface area contributed by atoms with Crippen LogP contribution in [0.25, 0.3) is 0 Å². The van der Waals surface area contributed by atoms with Gasteiger partial charge in [-0.05, 0) is 47.9 Å². The second kappa shape index (κ2) is 5.49. The summed E-state index contributed by atoms with van der Waals surface area (Å²) >= 11 is 6.45. The Morgan fingerprint density at radius 1 is 1.11 bits per heavy atom. The summed E-state index contributed by atoms with van der Waals surface area (Å²) in [5.74, 6) is -0.131. The van der Waals surface area contributed by atoms with Gasteiger partial charge in [0.15, 0.2) is 0 Å². The first kappa shape index (κ1) is 13.0. The highest BCUT2D eigenvalue weighted by atomic mass is 35.5. The number of aromatic nitrogens is 1. The summed E-state index contributed by atoms with van der Waals surface area (Å²) in [7, 11) is 0. The lowest BCUT2D eigenvalue weighted by Crippen LogP contribution is -2.03. The fraction of sp³-hybridized carbons (Fsp3) is 0.267. The Morgan fingerprint density at radius 3 is 2.39 bits per heavy atom. The van der Waals surface area contributed by atoms with Crippen molar-refractivity contribution < 1.29 is 4.39 Å². The van der Waals surface area contributed by atoms with Gasteiger partial charge in [0.1, 0.15) is 5.82 Å². The van der Waals surface area contributed by atoms with Crippen molar-refractivity contribution in [2.24, 2.45) is 0 Å². The molecule has 0 saturated heterocycles. The van der Waals surface area contributed by atoms with Crippen molar-refractivity contribution in [3.8, 4) is 0 Å². The van der Waals surface area contributed by atoms with Crippen LogP contribution in [0.3, 0.4) is 0 Å². The van der Waals surface area contributed by atoms with E-state index in [1.54, 1.807) is 12.4 Å². The van der Waals surface area contributed by atoms with E-state index >= 15 is 0 Å². The smallest absolute Gasteiger partial charge is 0.123 e. The molecular weight excluding hydrogens is 249 g/mol. The number of aryl methyl sites for hydroxylation is 1. The molecular formula is C15H15ClFN. The lowest BCUT2D eigenvalue weighted by atomic mass is 9.93. The largest absolute Gasteiger partial charge is 0.265 e. The molecule has 1 heterocycles. The molecule has 2 aromatic rings. The van der Waals surface area contributed by atoms with Crippen LogP contribution < -0.4 is 0 Å². The maximum Gasteiger partial charge on any atom is 0.123 e. The van der Waals surface area contributed by atoms with E-state index in [9.17, 15) is 4.39 Å². The third kappa shape index (κ3) is 2.88. The minimum Gasteiger partial charge on any atom is -0.265 e. The lowest BCUT2D eigenvalue weighted by molar-refractivity contribution is 0.620. The Labute approximate surface area is 112 Å². The van der Waals surface area contributed by atoms with Crippen LogP contribution in [0.4, 0.5) is 4.39 Å². The van der Waals surface area contributed by atoms with Gasteiger partial charge in [-0.2, -0.15) is 0 Å². The molecule has 3 heteroatoms. The molecule has 0 radical (unpaired) electrons. The zero-order valence-electron chi connectivity index (χ0n) is 10.4. The number of halogens is 2. The van der Waals surface area contributed by atoms with Gasteiger partial charge in [0.05, 0.1) is 5.38 Å². The van der Waals surface area contributed by atoms with E-state index in [4.69, 9.17) is 11.6 Å². The van der Waals surface area contributed by atoms with E-state index in [0.29, 0.717) is 0 Å². The minimum absolute atomic E-state index is 0.107. The molecule has 1 nitrogen and oxygen atoms in total. The van der Waals surface area contributed by atoms with Gasteiger partial charge in [-0.15, -0.1) is 11.6 Å². The van der Waals surface area contributed by atoms with E-state index in [0.717, 1.165) is 16.7 Å². The van der Waals surface area contributed by atoms with Crippen LogP contribution in [0.1, 0.15) is 34.9 Å². The van der Waals surface area contributed by atoms with Gasteiger partial charge < -0.3 is 0 Å². The number of hydrogen-bond donors (Lipinski definition) is 0. The SMILES string of the molecule is Cc1cc(F)cc(C(Cl)C(C)c2ccncc2)c1. The third-order valence-corrected chi connectivity index (χ3v) is 3.68. The van der Waals surface area contributed by atoms with Crippen LogP contribution in [0, 0.1) is 12.7 Å². The standard InChI is InChI=1S/C15H15ClFN/c1-10-7-13(9-14(17)8-10)15(16)11(2)12-3-5-18-6-4-12/h3-9,11,15H,1-2H3. The molecule has 2 unspecified atom stereocenters. The first-order valence-electron chi connectivity index (χ1n) is 5.89. The van der Waals surface area contributed by atoms with Crippen molar-refractivity contribution in [3.63, 3.8) is 0 Å². The zero-order chi connectivity index (χ0) is 13.1. The summed E-state index contributed by atoms with van der Waals surface area (Å²) in [4.78, 5) is 3.99. The first-order valence-corrected chi connectivity index (χ1v) is 6.32. The van der Waals surface area contributed by atoms with Gasteiger partial charge in [-0.3, -0.25) is 4.98 Å². The first-order chi connectivity index (χ1) is 8.58. The van der Waals surface area contributed by atoms with Gasteiger partial charge in [0.25, 0.3) is 0 Å². The minimum atomic E-state index is -0.248. The lowest BCUT2D eigenvalue weighted by Gasteiger charge is -2.19. The summed E-state index contributed by atoms with van der Waals surface area (Å²) in [5.41, 5.74) is 2.81. The van der Waals surface area contributed by atoms with Crippen LogP contribution in [0.5, 0.6) is 0 Å². The van der Waals surface area contributed by atoms with Gasteiger partial charge in [-0.25, -0.2) is 4.39 Å². The summed E-state index contributed by atoms with van der Waals surface area (Å²) in [5, 5.41) is -0.248. The van der Waals surface area contributed by atoms with Crippen molar-refractivity contribution in [1.82, 2.24) is 4.98 Å². The molecule has 0 fully saturated rings. The molecule has 0 saturated carbocycles. The highest BCUT2D eigenvalue weighted by molar-refractivity contribution is 6.21. The molecule has 2 rings (SSSR count). The van der Waals surface area contributed by atoms with Gasteiger partial charge in [0.2, 0.25) is 0 Å². The Hall–Kier alpha value is -1.41. The number of hydrogen-bond acceptors (Lipinski definition) is 1. The molecule has 0 aliphatic rings. The zero-order valence-corrected chi connectivity index (χ0v) is 11.2. The average molecular weight is 264 g/mol. The monoisotopic (exact) mass is 263 g/mol. The summed E-state index contributed by atoms with van der Waals surface area (Å²) in [6, 6.07) is 8.81. The molecule has 18 heavy (non-hydrogen) atoms. The number of rotatable bonds is 3. The van der Waals surface area contributed by atoms with Crippen molar-refractivity contribution in [2.75, 3.05) is 0 Å². The molecule has 2 atom stereocenters. The molecule has 94 valence electrons. The summed E-state index contributed by atoms with van der Waals surface area (Å²) in [6.07, 6.45) is 3.48. The summed E-state index contributed by atoms with van der Waals surface area (Å²) in [6.45, 7) is 3.90. The second-order valence-corrected chi connectivity index (χ2v) is 5.00. The van der Waals surface area contributed by atoms with E-state index in [-0.39, 0.29) is 17.1 Å². The van der Waals surface area contributed by atoms with E-state index in [1.807, 2.05) is 32.0 Å². The van der Waals surface area contributed by atoms with Gasteiger partial charge >= 0.3 is 0 Å². The van der Waals surface area contributed by atoms with Crippen molar-refractivity contribution in [2.45, 2.75) is 25.1 Å². The number of nitrogens with zero attached hydrogens (tertiary/aromatic N) is 1. The number of benzene rings is 1. The van der Waals surface area contributed by atoms with Crippen molar-refractivity contribution in [1.29, 1.82) is 0 Å². The van der Waals surface area contributed by atoms with E-state index in [1.165, 1.54) is 12.1 Å². The third-order valence-electron chi connectivity index (χ3n) is 3.05. The predicted molar refractivity (Wildman–Crippen MR) is 72.4 cm³/mol. The Balaban J connectivity index is 2.28.